The largest absolute Gasteiger partial charge is 0.495 e. The van der Waals surface area contributed by atoms with E-state index in [-0.39, 0.29) is 0 Å². The van der Waals surface area contributed by atoms with E-state index in [0.717, 1.165) is 31.9 Å². The number of nitrogens with two attached hydrogens (primary N) is 1. The minimum atomic E-state index is 0.705. The number of anilines is 2. The van der Waals surface area contributed by atoms with E-state index in [0.29, 0.717) is 5.69 Å². The van der Waals surface area contributed by atoms with Crippen LogP contribution in [0.5, 0.6) is 5.75 Å². The number of rotatable bonds is 5. The number of hydrogen-bond donors (Lipinski definition) is 1. The predicted molar refractivity (Wildman–Crippen MR) is 96.4 cm³/mol. The topological polar surface area (TPSA) is 45.0 Å². The summed E-state index contributed by atoms with van der Waals surface area (Å²) in [5.41, 5.74) is 7.83. The van der Waals surface area contributed by atoms with Crippen molar-refractivity contribution in [2.24, 2.45) is 0 Å². The van der Waals surface area contributed by atoms with Gasteiger partial charge in [0.05, 0.1) is 12.8 Å². The molecule has 3 rings (SSSR count). The van der Waals surface area contributed by atoms with Crippen molar-refractivity contribution in [2.45, 2.75) is 19.3 Å². The number of methoxy groups -OCH3 is 1. The van der Waals surface area contributed by atoms with Gasteiger partial charge in [0, 0.05) is 51.0 Å². The summed E-state index contributed by atoms with van der Waals surface area (Å²) in [6.45, 7) is 9.46. The summed E-state index contributed by atoms with van der Waals surface area (Å²) < 4.78 is 5.34. The van der Waals surface area contributed by atoms with Crippen LogP contribution in [-0.4, -0.2) is 69.3 Å². The molecule has 2 N–H and O–H groups in total. The van der Waals surface area contributed by atoms with Crippen LogP contribution in [0.4, 0.5) is 11.4 Å². The molecule has 5 heteroatoms. The Morgan fingerprint density at radius 3 is 2.22 bits per heavy atom. The molecular weight excluding hydrogens is 288 g/mol. The zero-order valence-corrected chi connectivity index (χ0v) is 14.3. The third-order valence-corrected chi connectivity index (χ3v) is 5.14. The molecule has 0 saturated carbocycles. The molecule has 2 saturated heterocycles. The van der Waals surface area contributed by atoms with Crippen molar-refractivity contribution in [3.05, 3.63) is 18.2 Å². The molecule has 1 aromatic carbocycles. The molecule has 2 heterocycles. The first-order valence-electron chi connectivity index (χ1n) is 8.89. The van der Waals surface area contributed by atoms with Gasteiger partial charge in [-0.3, -0.25) is 4.90 Å². The van der Waals surface area contributed by atoms with Crippen LogP contribution in [-0.2, 0) is 0 Å². The van der Waals surface area contributed by atoms with Crippen LogP contribution in [0, 0.1) is 0 Å². The molecule has 0 spiro atoms. The molecule has 0 amide bonds. The number of likely N-dealkylation sites (tertiary alicyclic amines) is 1. The van der Waals surface area contributed by atoms with Crippen LogP contribution in [0.1, 0.15) is 19.3 Å². The normalized spacial score (nSPS) is 20.7. The van der Waals surface area contributed by atoms with E-state index in [4.69, 9.17) is 10.5 Å². The Morgan fingerprint density at radius 1 is 0.913 bits per heavy atom. The van der Waals surface area contributed by atoms with Gasteiger partial charge in [-0.05, 0) is 38.1 Å². The minimum absolute atomic E-state index is 0.705. The highest BCUT2D eigenvalue weighted by atomic mass is 16.5. The summed E-state index contributed by atoms with van der Waals surface area (Å²) in [6, 6.07) is 6.09. The average Bonchev–Trinajstić information content (AvgIpc) is 2.62. The van der Waals surface area contributed by atoms with E-state index in [1.807, 2.05) is 6.07 Å². The SMILES string of the molecule is COc1cc(N2CCN(CCN3CCCCC3)CC2)ccc1N. The molecule has 0 aromatic heterocycles. The highest BCUT2D eigenvalue weighted by Gasteiger charge is 2.19. The number of nitrogens with zero attached hydrogens (tertiary/aromatic N) is 3. The van der Waals surface area contributed by atoms with Gasteiger partial charge in [0.25, 0.3) is 0 Å². The van der Waals surface area contributed by atoms with Gasteiger partial charge in [-0.2, -0.15) is 0 Å². The Bertz CT molecular complexity index is 494. The van der Waals surface area contributed by atoms with Crippen molar-refractivity contribution >= 4 is 11.4 Å². The fourth-order valence-electron chi connectivity index (χ4n) is 3.59. The van der Waals surface area contributed by atoms with Gasteiger partial charge >= 0.3 is 0 Å². The second-order valence-electron chi connectivity index (χ2n) is 6.66. The van der Waals surface area contributed by atoms with Gasteiger partial charge in [0.2, 0.25) is 0 Å². The molecule has 2 fully saturated rings. The number of nitrogen functional groups attached to an aromatic ring is 1. The second kappa shape index (κ2) is 7.88. The first-order chi connectivity index (χ1) is 11.3. The average molecular weight is 318 g/mol. The fraction of sp³-hybridized carbons (Fsp3) is 0.667. The number of hydrogen-bond acceptors (Lipinski definition) is 5. The Hall–Kier alpha value is -1.46. The van der Waals surface area contributed by atoms with Gasteiger partial charge in [0.1, 0.15) is 5.75 Å². The zero-order chi connectivity index (χ0) is 16.1. The van der Waals surface area contributed by atoms with E-state index in [9.17, 15) is 0 Å². The highest BCUT2D eigenvalue weighted by Crippen LogP contribution is 2.28. The summed E-state index contributed by atoms with van der Waals surface area (Å²) in [7, 11) is 1.67. The lowest BCUT2D eigenvalue weighted by molar-refractivity contribution is 0.177. The molecular formula is C18H30N4O. The van der Waals surface area contributed by atoms with Crippen molar-refractivity contribution in [1.82, 2.24) is 9.80 Å². The van der Waals surface area contributed by atoms with Crippen molar-refractivity contribution < 1.29 is 4.74 Å². The van der Waals surface area contributed by atoms with Crippen molar-refractivity contribution in [3.63, 3.8) is 0 Å². The summed E-state index contributed by atoms with van der Waals surface area (Å²) in [5.74, 6) is 0.773. The predicted octanol–water partition coefficient (Wildman–Crippen LogP) is 1.89. The summed E-state index contributed by atoms with van der Waals surface area (Å²) >= 11 is 0. The number of ether oxygens (including phenoxy) is 1. The summed E-state index contributed by atoms with van der Waals surface area (Å²) in [4.78, 5) is 7.65. The molecule has 0 atom stereocenters. The van der Waals surface area contributed by atoms with Crippen molar-refractivity contribution in [1.29, 1.82) is 0 Å². The van der Waals surface area contributed by atoms with E-state index >= 15 is 0 Å². The molecule has 0 radical (unpaired) electrons. The van der Waals surface area contributed by atoms with E-state index in [1.165, 1.54) is 51.1 Å². The Balaban J connectivity index is 1.46. The molecule has 2 aliphatic rings. The molecule has 23 heavy (non-hydrogen) atoms. The van der Waals surface area contributed by atoms with Crippen LogP contribution in [0.25, 0.3) is 0 Å². The number of piperidine rings is 1. The number of piperazine rings is 1. The highest BCUT2D eigenvalue weighted by molar-refractivity contribution is 5.62. The lowest BCUT2D eigenvalue weighted by Gasteiger charge is -2.37. The van der Waals surface area contributed by atoms with Crippen LogP contribution >= 0.6 is 0 Å². The molecule has 128 valence electrons. The first-order valence-corrected chi connectivity index (χ1v) is 8.89. The van der Waals surface area contributed by atoms with Crippen LogP contribution in [0.2, 0.25) is 0 Å². The van der Waals surface area contributed by atoms with Crippen molar-refractivity contribution in [3.8, 4) is 5.75 Å². The smallest absolute Gasteiger partial charge is 0.143 e. The fourth-order valence-corrected chi connectivity index (χ4v) is 3.59. The van der Waals surface area contributed by atoms with E-state index in [2.05, 4.69) is 26.8 Å². The first kappa shape index (κ1) is 16.4. The number of benzene rings is 1. The van der Waals surface area contributed by atoms with E-state index < -0.39 is 0 Å². The maximum absolute atomic E-state index is 5.91. The maximum atomic E-state index is 5.91. The Morgan fingerprint density at radius 2 is 1.57 bits per heavy atom. The quantitative estimate of drug-likeness (QED) is 0.840. The second-order valence-corrected chi connectivity index (χ2v) is 6.66. The van der Waals surface area contributed by atoms with Gasteiger partial charge in [-0.25, -0.2) is 0 Å². The minimum Gasteiger partial charge on any atom is -0.495 e. The van der Waals surface area contributed by atoms with Gasteiger partial charge in [-0.15, -0.1) is 0 Å². The van der Waals surface area contributed by atoms with Crippen LogP contribution < -0.4 is 15.4 Å². The molecule has 0 aliphatic carbocycles. The standard InChI is InChI=1S/C18H30N4O/c1-23-18-15-16(5-6-17(18)19)22-13-11-21(12-14-22)10-9-20-7-3-2-4-8-20/h5-6,15H,2-4,7-14,19H2,1H3. The summed E-state index contributed by atoms with van der Waals surface area (Å²) in [6.07, 6.45) is 4.18. The molecule has 1 aromatic rings. The third kappa shape index (κ3) is 4.30. The Kier molecular flexibility index (Phi) is 5.62. The summed E-state index contributed by atoms with van der Waals surface area (Å²) in [5, 5.41) is 0. The lowest BCUT2D eigenvalue weighted by Crippen LogP contribution is -2.48. The molecule has 0 bridgehead atoms. The van der Waals surface area contributed by atoms with E-state index in [1.54, 1.807) is 7.11 Å². The lowest BCUT2D eigenvalue weighted by atomic mass is 10.1. The van der Waals surface area contributed by atoms with Crippen molar-refractivity contribution in [2.75, 3.05) is 70.1 Å². The molecule has 0 unspecified atom stereocenters. The van der Waals surface area contributed by atoms with Gasteiger partial charge in [-0.1, -0.05) is 6.42 Å². The van der Waals surface area contributed by atoms with Gasteiger partial charge in [0.15, 0.2) is 0 Å². The van der Waals surface area contributed by atoms with Crippen LogP contribution in [0.3, 0.4) is 0 Å². The molecule has 2 aliphatic heterocycles. The maximum Gasteiger partial charge on any atom is 0.143 e. The van der Waals surface area contributed by atoms with Crippen LogP contribution in [0.15, 0.2) is 18.2 Å². The van der Waals surface area contributed by atoms with Gasteiger partial charge < -0.3 is 20.3 Å². The third-order valence-electron chi connectivity index (χ3n) is 5.14. The molecule has 5 nitrogen and oxygen atoms in total. The zero-order valence-electron chi connectivity index (χ0n) is 14.3. The Labute approximate surface area is 140 Å². The monoisotopic (exact) mass is 318 g/mol.